The molecule has 1 unspecified atom stereocenters. The van der Waals surface area contributed by atoms with Crippen LogP contribution in [0.1, 0.15) is 34.9 Å². The SMILES string of the molecule is Cc1cc(C)c(-c2nnc(C(C)Cl)o2)c(C)c1. The van der Waals surface area contributed by atoms with Crippen LogP contribution < -0.4 is 0 Å². The molecule has 17 heavy (non-hydrogen) atoms. The maximum absolute atomic E-state index is 5.91. The maximum atomic E-state index is 5.91. The van der Waals surface area contributed by atoms with Crippen LogP contribution in [0.5, 0.6) is 0 Å². The van der Waals surface area contributed by atoms with E-state index in [4.69, 9.17) is 16.0 Å². The molecule has 1 aromatic carbocycles. The van der Waals surface area contributed by atoms with Gasteiger partial charge in [-0.05, 0) is 38.8 Å². The van der Waals surface area contributed by atoms with Crippen LogP contribution >= 0.6 is 11.6 Å². The molecule has 90 valence electrons. The lowest BCUT2D eigenvalue weighted by atomic mass is 10.00. The predicted octanol–water partition coefficient (Wildman–Crippen LogP) is 3.96. The van der Waals surface area contributed by atoms with E-state index in [-0.39, 0.29) is 5.38 Å². The summed E-state index contributed by atoms with van der Waals surface area (Å²) >= 11 is 5.91. The minimum atomic E-state index is -0.262. The summed E-state index contributed by atoms with van der Waals surface area (Å²) in [4.78, 5) is 0. The Morgan fingerprint density at radius 1 is 1.12 bits per heavy atom. The summed E-state index contributed by atoms with van der Waals surface area (Å²) in [7, 11) is 0. The van der Waals surface area contributed by atoms with Gasteiger partial charge in [0.05, 0.1) is 0 Å². The third-order valence-electron chi connectivity index (χ3n) is 2.67. The second kappa shape index (κ2) is 4.49. The number of halogens is 1. The lowest BCUT2D eigenvalue weighted by Gasteiger charge is -2.07. The molecule has 0 aliphatic heterocycles. The van der Waals surface area contributed by atoms with Gasteiger partial charge >= 0.3 is 0 Å². The molecule has 1 heterocycles. The van der Waals surface area contributed by atoms with E-state index in [1.807, 2.05) is 20.8 Å². The van der Waals surface area contributed by atoms with Crippen LogP contribution in [0.15, 0.2) is 16.5 Å². The van der Waals surface area contributed by atoms with E-state index >= 15 is 0 Å². The van der Waals surface area contributed by atoms with Crippen molar-refractivity contribution in [3.05, 3.63) is 34.7 Å². The van der Waals surface area contributed by atoms with E-state index in [9.17, 15) is 0 Å². The normalized spacial score (nSPS) is 12.8. The Morgan fingerprint density at radius 3 is 2.18 bits per heavy atom. The van der Waals surface area contributed by atoms with Gasteiger partial charge in [-0.1, -0.05) is 17.7 Å². The van der Waals surface area contributed by atoms with E-state index < -0.39 is 0 Å². The van der Waals surface area contributed by atoms with Gasteiger partial charge in [-0.15, -0.1) is 21.8 Å². The van der Waals surface area contributed by atoms with Crippen molar-refractivity contribution in [3.63, 3.8) is 0 Å². The molecular formula is C13H15ClN2O. The molecule has 0 aliphatic rings. The number of aryl methyl sites for hydroxylation is 3. The lowest BCUT2D eigenvalue weighted by Crippen LogP contribution is -1.90. The Morgan fingerprint density at radius 2 is 1.71 bits per heavy atom. The third kappa shape index (κ3) is 2.34. The molecule has 1 aromatic heterocycles. The number of aromatic nitrogens is 2. The number of rotatable bonds is 2. The lowest BCUT2D eigenvalue weighted by molar-refractivity contribution is 0.506. The first-order chi connectivity index (χ1) is 7.99. The molecular weight excluding hydrogens is 236 g/mol. The fourth-order valence-corrected chi connectivity index (χ4v) is 2.10. The van der Waals surface area contributed by atoms with Crippen molar-refractivity contribution in [2.75, 3.05) is 0 Å². The molecule has 0 amide bonds. The molecule has 0 saturated carbocycles. The van der Waals surface area contributed by atoms with Gasteiger partial charge in [-0.2, -0.15) is 0 Å². The van der Waals surface area contributed by atoms with Gasteiger partial charge < -0.3 is 4.42 Å². The highest BCUT2D eigenvalue weighted by molar-refractivity contribution is 6.20. The van der Waals surface area contributed by atoms with E-state index in [1.165, 1.54) is 5.56 Å². The number of alkyl halides is 1. The van der Waals surface area contributed by atoms with Crippen molar-refractivity contribution >= 4 is 11.6 Å². The van der Waals surface area contributed by atoms with Crippen LogP contribution in [0, 0.1) is 20.8 Å². The standard InChI is InChI=1S/C13H15ClN2O/c1-7-5-8(2)11(9(3)6-7)13-16-15-12(17-13)10(4)14/h5-6,10H,1-4H3. The van der Waals surface area contributed by atoms with E-state index in [0.717, 1.165) is 16.7 Å². The van der Waals surface area contributed by atoms with Gasteiger partial charge in [0.2, 0.25) is 11.8 Å². The summed E-state index contributed by atoms with van der Waals surface area (Å²) in [5, 5.41) is 7.74. The van der Waals surface area contributed by atoms with Crippen LogP contribution in [0.2, 0.25) is 0 Å². The van der Waals surface area contributed by atoms with Gasteiger partial charge in [0, 0.05) is 5.56 Å². The van der Waals surface area contributed by atoms with Gasteiger partial charge in [0.25, 0.3) is 0 Å². The Bertz CT molecular complexity index is 523. The van der Waals surface area contributed by atoms with Crippen molar-refractivity contribution in [1.29, 1.82) is 0 Å². The number of hydrogen-bond acceptors (Lipinski definition) is 3. The highest BCUT2D eigenvalue weighted by atomic mass is 35.5. The molecule has 0 spiro atoms. The largest absolute Gasteiger partial charge is 0.419 e. The number of benzene rings is 1. The van der Waals surface area contributed by atoms with Crippen LogP contribution in [-0.4, -0.2) is 10.2 Å². The Kier molecular flexibility index (Phi) is 3.20. The van der Waals surface area contributed by atoms with Crippen LogP contribution in [0.4, 0.5) is 0 Å². The van der Waals surface area contributed by atoms with E-state index in [2.05, 4.69) is 29.3 Å². The zero-order chi connectivity index (χ0) is 12.6. The molecule has 0 bridgehead atoms. The molecule has 0 aliphatic carbocycles. The second-order valence-electron chi connectivity index (χ2n) is 4.34. The number of nitrogens with zero attached hydrogens (tertiary/aromatic N) is 2. The maximum Gasteiger partial charge on any atom is 0.248 e. The van der Waals surface area contributed by atoms with Gasteiger partial charge in [-0.25, -0.2) is 0 Å². The summed E-state index contributed by atoms with van der Waals surface area (Å²) in [6, 6.07) is 4.21. The summed E-state index contributed by atoms with van der Waals surface area (Å²) in [5.41, 5.74) is 4.51. The molecule has 1 atom stereocenters. The summed E-state index contributed by atoms with van der Waals surface area (Å²) in [6.07, 6.45) is 0. The first-order valence-corrected chi connectivity index (χ1v) is 5.98. The molecule has 0 radical (unpaired) electrons. The van der Waals surface area contributed by atoms with Gasteiger partial charge in [0.15, 0.2) is 0 Å². The van der Waals surface area contributed by atoms with Crippen molar-refractivity contribution in [1.82, 2.24) is 10.2 Å². The zero-order valence-corrected chi connectivity index (χ0v) is 11.2. The summed E-state index contributed by atoms with van der Waals surface area (Å²) in [6.45, 7) is 7.98. The van der Waals surface area contributed by atoms with Crippen LogP contribution in [-0.2, 0) is 0 Å². The fraction of sp³-hybridized carbons (Fsp3) is 0.385. The Labute approximate surface area is 106 Å². The van der Waals surface area contributed by atoms with Crippen molar-refractivity contribution in [3.8, 4) is 11.5 Å². The molecule has 4 heteroatoms. The van der Waals surface area contributed by atoms with Gasteiger partial charge in [0.1, 0.15) is 5.38 Å². The quantitative estimate of drug-likeness (QED) is 0.758. The minimum Gasteiger partial charge on any atom is -0.419 e. The first-order valence-electron chi connectivity index (χ1n) is 5.54. The third-order valence-corrected chi connectivity index (χ3v) is 2.86. The molecule has 3 nitrogen and oxygen atoms in total. The molecule has 0 saturated heterocycles. The van der Waals surface area contributed by atoms with Crippen molar-refractivity contribution in [2.45, 2.75) is 33.1 Å². The van der Waals surface area contributed by atoms with Crippen molar-refractivity contribution < 1.29 is 4.42 Å². The van der Waals surface area contributed by atoms with E-state index in [1.54, 1.807) is 0 Å². The average molecular weight is 251 g/mol. The predicted molar refractivity (Wildman–Crippen MR) is 68.2 cm³/mol. The number of hydrogen-bond donors (Lipinski definition) is 0. The highest BCUT2D eigenvalue weighted by Gasteiger charge is 2.16. The zero-order valence-electron chi connectivity index (χ0n) is 10.4. The minimum absolute atomic E-state index is 0.262. The van der Waals surface area contributed by atoms with Crippen molar-refractivity contribution in [2.24, 2.45) is 0 Å². The average Bonchev–Trinajstić information content (AvgIpc) is 2.65. The molecule has 2 aromatic rings. The summed E-state index contributed by atoms with van der Waals surface area (Å²) < 4.78 is 5.58. The van der Waals surface area contributed by atoms with Crippen LogP contribution in [0.3, 0.4) is 0 Å². The molecule has 0 N–H and O–H groups in total. The monoisotopic (exact) mass is 250 g/mol. The first kappa shape index (κ1) is 12.1. The molecule has 2 rings (SSSR count). The van der Waals surface area contributed by atoms with E-state index in [0.29, 0.717) is 11.8 Å². The Balaban J connectivity index is 2.52. The topological polar surface area (TPSA) is 38.9 Å². The summed E-state index contributed by atoms with van der Waals surface area (Å²) in [5.74, 6) is 1.00. The smallest absolute Gasteiger partial charge is 0.248 e. The highest BCUT2D eigenvalue weighted by Crippen LogP contribution is 2.29. The molecule has 0 fully saturated rings. The second-order valence-corrected chi connectivity index (χ2v) is 4.99. The van der Waals surface area contributed by atoms with Crippen LogP contribution in [0.25, 0.3) is 11.5 Å². The van der Waals surface area contributed by atoms with Gasteiger partial charge in [-0.3, -0.25) is 0 Å². The Hall–Kier alpha value is -1.35. The fourth-order valence-electron chi connectivity index (χ4n) is 2.01.